The zero-order valence-electron chi connectivity index (χ0n) is 14.3. The van der Waals surface area contributed by atoms with E-state index < -0.39 is 0 Å². The minimum atomic E-state index is 0.469. The van der Waals surface area contributed by atoms with Gasteiger partial charge in [0.2, 0.25) is 0 Å². The highest BCUT2D eigenvalue weighted by molar-refractivity contribution is 4.93. The molecule has 2 heteroatoms. The van der Waals surface area contributed by atoms with Crippen LogP contribution in [0, 0.1) is 35.5 Å². The minimum Gasteiger partial charge on any atom is -0.381 e. The van der Waals surface area contributed by atoms with Crippen molar-refractivity contribution in [2.75, 3.05) is 14.2 Å². The molecule has 118 valence electrons. The van der Waals surface area contributed by atoms with Crippen LogP contribution in [0.3, 0.4) is 0 Å². The van der Waals surface area contributed by atoms with Crippen LogP contribution in [-0.2, 0) is 9.47 Å². The van der Waals surface area contributed by atoms with Crippen molar-refractivity contribution in [1.29, 1.82) is 0 Å². The zero-order valence-corrected chi connectivity index (χ0v) is 14.3. The van der Waals surface area contributed by atoms with E-state index in [9.17, 15) is 0 Å². The lowest BCUT2D eigenvalue weighted by Gasteiger charge is -2.48. The third-order valence-electron chi connectivity index (χ3n) is 6.70. The first-order valence-electron chi connectivity index (χ1n) is 8.53. The molecule has 0 spiro atoms. The summed E-state index contributed by atoms with van der Waals surface area (Å²) >= 11 is 0. The van der Waals surface area contributed by atoms with Crippen LogP contribution < -0.4 is 0 Å². The van der Waals surface area contributed by atoms with Gasteiger partial charge in [-0.05, 0) is 61.2 Å². The highest BCUT2D eigenvalue weighted by Crippen LogP contribution is 2.48. The zero-order chi connectivity index (χ0) is 14.9. The van der Waals surface area contributed by atoms with Crippen LogP contribution in [0.15, 0.2) is 0 Å². The molecule has 8 unspecified atom stereocenters. The van der Waals surface area contributed by atoms with Gasteiger partial charge in [-0.2, -0.15) is 0 Å². The van der Waals surface area contributed by atoms with Gasteiger partial charge in [0.1, 0.15) is 0 Å². The van der Waals surface area contributed by atoms with Gasteiger partial charge in [0, 0.05) is 14.2 Å². The number of hydrogen-bond acceptors (Lipinski definition) is 2. The fourth-order valence-corrected chi connectivity index (χ4v) is 4.85. The molecular formula is C18H34O2. The normalized spacial score (nSPS) is 50.1. The highest BCUT2D eigenvalue weighted by atomic mass is 16.5. The van der Waals surface area contributed by atoms with Crippen molar-refractivity contribution in [3.8, 4) is 0 Å². The fraction of sp³-hybridized carbons (Fsp3) is 1.00. The maximum atomic E-state index is 5.71. The van der Waals surface area contributed by atoms with Crippen molar-refractivity contribution in [2.45, 2.75) is 65.6 Å². The highest BCUT2D eigenvalue weighted by Gasteiger charge is 2.43. The second-order valence-corrected chi connectivity index (χ2v) is 7.66. The Hall–Kier alpha value is -0.0800. The number of rotatable bonds is 3. The van der Waals surface area contributed by atoms with Gasteiger partial charge in [-0.25, -0.2) is 0 Å². The molecule has 2 aliphatic carbocycles. The lowest BCUT2D eigenvalue weighted by atomic mass is 9.59. The first kappa shape index (κ1) is 16.3. The van der Waals surface area contributed by atoms with E-state index in [0.717, 1.165) is 35.5 Å². The molecule has 2 saturated carbocycles. The van der Waals surface area contributed by atoms with Gasteiger partial charge in [-0.15, -0.1) is 0 Å². The number of ether oxygens (including phenoxy) is 2. The van der Waals surface area contributed by atoms with Crippen LogP contribution >= 0.6 is 0 Å². The van der Waals surface area contributed by atoms with Crippen LogP contribution in [-0.4, -0.2) is 26.4 Å². The molecule has 0 radical (unpaired) electrons. The first-order valence-corrected chi connectivity index (χ1v) is 8.53. The van der Waals surface area contributed by atoms with Crippen LogP contribution in [0.5, 0.6) is 0 Å². The smallest absolute Gasteiger partial charge is 0.0576 e. The summed E-state index contributed by atoms with van der Waals surface area (Å²) in [7, 11) is 3.77. The van der Waals surface area contributed by atoms with E-state index >= 15 is 0 Å². The van der Waals surface area contributed by atoms with Gasteiger partial charge in [-0.3, -0.25) is 0 Å². The minimum absolute atomic E-state index is 0.469. The molecule has 2 nitrogen and oxygen atoms in total. The van der Waals surface area contributed by atoms with E-state index in [1.807, 2.05) is 14.2 Å². The van der Waals surface area contributed by atoms with E-state index in [4.69, 9.17) is 9.47 Å². The maximum absolute atomic E-state index is 5.71. The fourth-order valence-electron chi connectivity index (χ4n) is 4.85. The number of methoxy groups -OCH3 is 2. The SMILES string of the molecule is COC1CC(C)C(C)C(C2CC(OC)CC(C)C2C)C1. The molecule has 2 rings (SSSR count). The van der Waals surface area contributed by atoms with E-state index in [-0.39, 0.29) is 0 Å². The summed E-state index contributed by atoms with van der Waals surface area (Å²) in [4.78, 5) is 0. The van der Waals surface area contributed by atoms with Crippen LogP contribution in [0.2, 0.25) is 0 Å². The summed E-state index contributed by atoms with van der Waals surface area (Å²) in [5, 5.41) is 0. The molecule has 0 N–H and O–H groups in total. The van der Waals surface area contributed by atoms with Crippen molar-refractivity contribution in [1.82, 2.24) is 0 Å². The van der Waals surface area contributed by atoms with Crippen molar-refractivity contribution >= 4 is 0 Å². The lowest BCUT2D eigenvalue weighted by molar-refractivity contribution is -0.0637. The first-order chi connectivity index (χ1) is 9.47. The molecule has 0 amide bonds. The van der Waals surface area contributed by atoms with Gasteiger partial charge in [0.15, 0.2) is 0 Å². The summed E-state index contributed by atoms with van der Waals surface area (Å²) < 4.78 is 11.4. The van der Waals surface area contributed by atoms with Crippen LogP contribution in [0.4, 0.5) is 0 Å². The molecule has 20 heavy (non-hydrogen) atoms. The Bertz CT molecular complexity index is 274. The lowest BCUT2D eigenvalue weighted by Crippen LogP contribution is -2.44. The molecule has 2 fully saturated rings. The average Bonchev–Trinajstić information content (AvgIpc) is 2.44. The molecule has 0 bridgehead atoms. The van der Waals surface area contributed by atoms with Crippen LogP contribution in [0.25, 0.3) is 0 Å². The molecule has 0 heterocycles. The second-order valence-electron chi connectivity index (χ2n) is 7.66. The molecule has 0 aliphatic heterocycles. The van der Waals surface area contributed by atoms with Gasteiger partial charge in [-0.1, -0.05) is 27.7 Å². The van der Waals surface area contributed by atoms with E-state index in [2.05, 4.69) is 27.7 Å². The summed E-state index contributed by atoms with van der Waals surface area (Å²) in [6.07, 6.45) is 5.91. The Morgan fingerprint density at radius 3 is 1.25 bits per heavy atom. The Morgan fingerprint density at radius 1 is 0.600 bits per heavy atom. The number of hydrogen-bond donors (Lipinski definition) is 0. The van der Waals surface area contributed by atoms with Crippen molar-refractivity contribution in [2.24, 2.45) is 35.5 Å². The standard InChI is InChI=1S/C18H34O2/c1-11-7-15(19-5)9-17(13(11)3)18-10-16(20-6)8-12(2)14(18)4/h11-18H,7-10H2,1-6H3. The van der Waals surface area contributed by atoms with Gasteiger partial charge in [0.05, 0.1) is 12.2 Å². The summed E-state index contributed by atoms with van der Waals surface area (Å²) in [5.74, 6) is 4.81. The third kappa shape index (κ3) is 3.22. The Balaban J connectivity index is 2.13. The van der Waals surface area contributed by atoms with Gasteiger partial charge >= 0.3 is 0 Å². The molecule has 8 atom stereocenters. The molecule has 0 aromatic rings. The Labute approximate surface area is 125 Å². The van der Waals surface area contributed by atoms with Gasteiger partial charge in [0.25, 0.3) is 0 Å². The molecule has 0 aromatic heterocycles. The summed E-state index contributed by atoms with van der Waals surface area (Å²) in [6, 6.07) is 0. The molecule has 0 aromatic carbocycles. The third-order valence-corrected chi connectivity index (χ3v) is 6.70. The maximum Gasteiger partial charge on any atom is 0.0576 e. The predicted octanol–water partition coefficient (Wildman–Crippen LogP) is 4.38. The average molecular weight is 282 g/mol. The Morgan fingerprint density at radius 2 is 0.950 bits per heavy atom. The second kappa shape index (κ2) is 6.79. The quantitative estimate of drug-likeness (QED) is 0.764. The summed E-state index contributed by atoms with van der Waals surface area (Å²) in [6.45, 7) is 9.76. The molecule has 0 saturated heterocycles. The van der Waals surface area contributed by atoms with Crippen LogP contribution in [0.1, 0.15) is 53.4 Å². The monoisotopic (exact) mass is 282 g/mol. The van der Waals surface area contributed by atoms with Crippen molar-refractivity contribution in [3.05, 3.63) is 0 Å². The van der Waals surface area contributed by atoms with E-state index in [1.54, 1.807) is 0 Å². The van der Waals surface area contributed by atoms with Crippen molar-refractivity contribution in [3.63, 3.8) is 0 Å². The molecule has 2 aliphatic rings. The van der Waals surface area contributed by atoms with E-state index in [1.165, 1.54) is 25.7 Å². The largest absolute Gasteiger partial charge is 0.381 e. The molecular weight excluding hydrogens is 248 g/mol. The Kier molecular flexibility index (Phi) is 5.53. The van der Waals surface area contributed by atoms with Crippen molar-refractivity contribution < 1.29 is 9.47 Å². The summed E-state index contributed by atoms with van der Waals surface area (Å²) in [5.41, 5.74) is 0. The topological polar surface area (TPSA) is 18.5 Å². The van der Waals surface area contributed by atoms with Gasteiger partial charge < -0.3 is 9.47 Å². The predicted molar refractivity (Wildman–Crippen MR) is 83.7 cm³/mol. The van der Waals surface area contributed by atoms with E-state index in [0.29, 0.717) is 12.2 Å².